The van der Waals surface area contributed by atoms with Crippen LogP contribution < -0.4 is 0 Å². The van der Waals surface area contributed by atoms with Gasteiger partial charge in [-0.2, -0.15) is 0 Å². The molecule has 54 valence electrons. The van der Waals surface area contributed by atoms with E-state index in [9.17, 15) is 0 Å². The van der Waals surface area contributed by atoms with Crippen LogP contribution >= 0.6 is 54.5 Å². The highest BCUT2D eigenvalue weighted by Gasteiger charge is 2.04. The predicted molar refractivity (Wildman–Crippen MR) is 56.2 cm³/mol. The van der Waals surface area contributed by atoms with Crippen molar-refractivity contribution in [2.24, 2.45) is 0 Å². The first-order valence-corrected chi connectivity index (χ1v) is 5.12. The van der Waals surface area contributed by atoms with Crippen molar-refractivity contribution in [1.82, 2.24) is 0 Å². The number of phenolic OH excluding ortho intramolecular Hbond substituents is 1. The van der Waals surface area contributed by atoms with Crippen LogP contribution in [0.3, 0.4) is 0 Å². The number of hydrogen-bond acceptors (Lipinski definition) is 1. The van der Waals surface area contributed by atoms with Gasteiger partial charge in [-0.3, -0.25) is 0 Å². The van der Waals surface area contributed by atoms with E-state index in [1.54, 1.807) is 6.07 Å². The van der Waals surface area contributed by atoms with E-state index in [4.69, 9.17) is 5.11 Å². The summed E-state index contributed by atoms with van der Waals surface area (Å²) in [6.07, 6.45) is 0. The summed E-state index contributed by atoms with van der Waals surface area (Å²) in [5.74, 6) is 0.257. The molecule has 0 unspecified atom stereocenters. The third-order valence-corrected chi connectivity index (χ3v) is 4.81. The highest BCUT2D eigenvalue weighted by Crippen LogP contribution is 2.34. The molecule has 0 saturated heterocycles. The van der Waals surface area contributed by atoms with E-state index in [1.165, 1.54) is 0 Å². The van der Waals surface area contributed by atoms with Crippen molar-refractivity contribution < 1.29 is 5.11 Å². The Kier molecular flexibility index (Phi) is 3.00. The van der Waals surface area contributed by atoms with E-state index >= 15 is 0 Å². The first kappa shape index (κ1) is 8.80. The Morgan fingerprint density at radius 2 is 1.80 bits per heavy atom. The average molecular weight is 378 g/mol. The Morgan fingerprint density at radius 3 is 2.30 bits per heavy atom. The van der Waals surface area contributed by atoms with Gasteiger partial charge in [0.15, 0.2) is 0 Å². The zero-order chi connectivity index (χ0) is 7.72. The zero-order valence-corrected chi connectivity index (χ0v) is 10.1. The van der Waals surface area contributed by atoms with Crippen LogP contribution in [0.4, 0.5) is 0 Å². The number of halogens is 3. The standard InChI is InChI=1S/C6H3Br2IO/c7-5-3(9)1-2-4(10)6(5)8/h1-2,10H. The van der Waals surface area contributed by atoms with E-state index in [2.05, 4.69) is 54.5 Å². The van der Waals surface area contributed by atoms with Gasteiger partial charge in [0.25, 0.3) is 0 Å². The molecule has 4 heteroatoms. The van der Waals surface area contributed by atoms with Crippen LogP contribution in [0.1, 0.15) is 0 Å². The van der Waals surface area contributed by atoms with Gasteiger partial charge < -0.3 is 5.11 Å². The van der Waals surface area contributed by atoms with Gasteiger partial charge in [0, 0.05) is 8.04 Å². The number of benzene rings is 1. The van der Waals surface area contributed by atoms with E-state index in [1.807, 2.05) is 6.07 Å². The Labute approximate surface area is 89.2 Å². The highest BCUT2D eigenvalue weighted by atomic mass is 127. The van der Waals surface area contributed by atoms with Gasteiger partial charge in [-0.05, 0) is 66.6 Å². The lowest BCUT2D eigenvalue weighted by Crippen LogP contribution is -1.76. The van der Waals surface area contributed by atoms with Gasteiger partial charge in [0.2, 0.25) is 0 Å². The lowest BCUT2D eigenvalue weighted by molar-refractivity contribution is 0.471. The highest BCUT2D eigenvalue weighted by molar-refractivity contribution is 14.1. The molecule has 0 aliphatic heterocycles. The molecule has 1 aromatic carbocycles. The fraction of sp³-hybridized carbons (Fsp3) is 0. The van der Waals surface area contributed by atoms with Gasteiger partial charge in [0.1, 0.15) is 5.75 Å². The van der Waals surface area contributed by atoms with Crippen LogP contribution in [-0.4, -0.2) is 5.11 Å². The number of aromatic hydroxyl groups is 1. The molecule has 0 fully saturated rings. The summed E-state index contributed by atoms with van der Waals surface area (Å²) in [5, 5.41) is 9.14. The molecule has 1 N–H and O–H groups in total. The fourth-order valence-electron chi connectivity index (χ4n) is 0.516. The molecule has 1 rings (SSSR count). The largest absolute Gasteiger partial charge is 0.507 e. The van der Waals surface area contributed by atoms with Crippen LogP contribution in [0.25, 0.3) is 0 Å². The van der Waals surface area contributed by atoms with Crippen LogP contribution in [0.5, 0.6) is 5.75 Å². The fourth-order valence-corrected chi connectivity index (χ4v) is 2.02. The molecule has 0 aliphatic carbocycles. The third-order valence-electron chi connectivity index (χ3n) is 1.01. The Bertz CT molecular complexity index is 235. The maximum absolute atomic E-state index is 9.14. The van der Waals surface area contributed by atoms with Crippen LogP contribution in [0.2, 0.25) is 0 Å². The summed E-state index contributed by atoms with van der Waals surface area (Å²) in [4.78, 5) is 0. The first-order valence-electron chi connectivity index (χ1n) is 2.45. The van der Waals surface area contributed by atoms with Crippen molar-refractivity contribution in [2.45, 2.75) is 0 Å². The van der Waals surface area contributed by atoms with Crippen molar-refractivity contribution in [2.75, 3.05) is 0 Å². The van der Waals surface area contributed by atoms with Gasteiger partial charge in [0.05, 0.1) is 4.47 Å². The molecule has 1 aromatic rings. The summed E-state index contributed by atoms with van der Waals surface area (Å²) < 4.78 is 2.68. The number of rotatable bonds is 0. The van der Waals surface area contributed by atoms with E-state index in [0.29, 0.717) is 4.47 Å². The molecule has 0 radical (unpaired) electrons. The minimum atomic E-state index is 0.257. The van der Waals surface area contributed by atoms with Crippen molar-refractivity contribution in [1.29, 1.82) is 0 Å². The normalized spacial score (nSPS) is 9.90. The topological polar surface area (TPSA) is 20.2 Å². The lowest BCUT2D eigenvalue weighted by atomic mass is 10.3. The summed E-state index contributed by atoms with van der Waals surface area (Å²) in [6, 6.07) is 3.49. The van der Waals surface area contributed by atoms with Crippen molar-refractivity contribution in [3.63, 3.8) is 0 Å². The predicted octanol–water partition coefficient (Wildman–Crippen LogP) is 3.52. The minimum absolute atomic E-state index is 0.257. The molecule has 0 saturated carbocycles. The smallest absolute Gasteiger partial charge is 0.130 e. The van der Waals surface area contributed by atoms with Crippen LogP contribution in [0.15, 0.2) is 21.1 Å². The van der Waals surface area contributed by atoms with Crippen molar-refractivity contribution >= 4 is 54.5 Å². The van der Waals surface area contributed by atoms with Crippen molar-refractivity contribution in [3.8, 4) is 5.75 Å². The quantitative estimate of drug-likeness (QED) is 0.542. The molecule has 0 amide bonds. The third kappa shape index (κ3) is 1.65. The Hall–Kier alpha value is 0.710. The van der Waals surface area contributed by atoms with Crippen molar-refractivity contribution in [3.05, 3.63) is 24.6 Å². The monoisotopic (exact) mass is 376 g/mol. The summed E-state index contributed by atoms with van der Waals surface area (Å²) in [7, 11) is 0. The van der Waals surface area contributed by atoms with E-state index in [0.717, 1.165) is 8.04 Å². The average Bonchev–Trinajstić information content (AvgIpc) is 1.93. The van der Waals surface area contributed by atoms with Gasteiger partial charge in [-0.1, -0.05) is 0 Å². The molecule has 0 aromatic heterocycles. The second-order valence-electron chi connectivity index (χ2n) is 1.69. The second-order valence-corrected chi connectivity index (χ2v) is 4.44. The molecule has 0 heterocycles. The zero-order valence-electron chi connectivity index (χ0n) is 4.74. The Morgan fingerprint density at radius 1 is 1.20 bits per heavy atom. The molecule has 10 heavy (non-hydrogen) atoms. The summed E-state index contributed by atoms with van der Waals surface area (Å²) in [6.45, 7) is 0. The SMILES string of the molecule is Oc1ccc(I)c(Br)c1Br. The molecular formula is C6H3Br2IO. The lowest BCUT2D eigenvalue weighted by Gasteiger charge is -2.00. The van der Waals surface area contributed by atoms with Crippen LogP contribution in [-0.2, 0) is 0 Å². The molecular weight excluding hydrogens is 375 g/mol. The van der Waals surface area contributed by atoms with Gasteiger partial charge in [-0.25, -0.2) is 0 Å². The molecule has 0 atom stereocenters. The maximum Gasteiger partial charge on any atom is 0.130 e. The minimum Gasteiger partial charge on any atom is -0.507 e. The Balaban J connectivity index is 3.34. The number of hydrogen-bond donors (Lipinski definition) is 1. The maximum atomic E-state index is 9.14. The van der Waals surface area contributed by atoms with Crippen LogP contribution in [0, 0.1) is 3.57 Å². The molecule has 0 spiro atoms. The summed E-state index contributed by atoms with van der Waals surface area (Å²) in [5.41, 5.74) is 0. The number of phenols is 1. The van der Waals surface area contributed by atoms with E-state index < -0.39 is 0 Å². The van der Waals surface area contributed by atoms with Gasteiger partial charge >= 0.3 is 0 Å². The first-order chi connectivity index (χ1) is 4.63. The molecule has 0 aliphatic rings. The van der Waals surface area contributed by atoms with E-state index in [-0.39, 0.29) is 5.75 Å². The summed E-state index contributed by atoms with van der Waals surface area (Å²) >= 11 is 8.72. The molecule has 0 bridgehead atoms. The molecule has 1 nitrogen and oxygen atoms in total. The second kappa shape index (κ2) is 3.40. The van der Waals surface area contributed by atoms with Gasteiger partial charge in [-0.15, -0.1) is 0 Å².